The zero-order valence-electron chi connectivity index (χ0n) is 8.18. The molecule has 1 N–H and O–H groups in total. The molecule has 1 heterocycles. The highest BCUT2D eigenvalue weighted by Crippen LogP contribution is 2.13. The van der Waals surface area contributed by atoms with Gasteiger partial charge in [0.2, 0.25) is 5.95 Å². The van der Waals surface area contributed by atoms with Crippen molar-refractivity contribution in [3.8, 4) is 0 Å². The number of thiol groups is 1. The van der Waals surface area contributed by atoms with Crippen LogP contribution in [-0.2, 0) is 0 Å². The van der Waals surface area contributed by atoms with Gasteiger partial charge in [0, 0.05) is 5.69 Å². The number of nitrogens with zero attached hydrogens (tertiary/aromatic N) is 3. The van der Waals surface area contributed by atoms with E-state index in [-0.39, 0.29) is 0 Å². The van der Waals surface area contributed by atoms with Crippen molar-refractivity contribution in [1.29, 1.82) is 0 Å². The molecular weight excluding hydrogens is 208 g/mol. The van der Waals surface area contributed by atoms with Crippen molar-refractivity contribution in [2.75, 3.05) is 5.32 Å². The molecule has 0 radical (unpaired) electrons. The van der Waals surface area contributed by atoms with E-state index in [1.807, 2.05) is 31.2 Å². The van der Waals surface area contributed by atoms with Crippen molar-refractivity contribution in [3.05, 3.63) is 36.2 Å². The van der Waals surface area contributed by atoms with E-state index in [4.69, 9.17) is 0 Å². The maximum Gasteiger partial charge on any atom is 0.231 e. The van der Waals surface area contributed by atoms with Gasteiger partial charge in [-0.05, 0) is 19.1 Å². The van der Waals surface area contributed by atoms with E-state index in [0.717, 1.165) is 5.69 Å². The molecule has 15 heavy (non-hydrogen) atoms. The third-order valence-electron chi connectivity index (χ3n) is 1.87. The largest absolute Gasteiger partial charge is 0.324 e. The van der Waals surface area contributed by atoms with E-state index in [2.05, 4.69) is 32.9 Å². The lowest BCUT2D eigenvalue weighted by Gasteiger charge is -2.04. The molecule has 0 saturated carbocycles. The molecule has 76 valence electrons. The van der Waals surface area contributed by atoms with Crippen molar-refractivity contribution in [1.82, 2.24) is 15.0 Å². The zero-order valence-corrected chi connectivity index (χ0v) is 9.07. The average molecular weight is 218 g/mol. The molecule has 2 rings (SSSR count). The zero-order chi connectivity index (χ0) is 10.7. The van der Waals surface area contributed by atoms with E-state index in [9.17, 15) is 0 Å². The molecule has 0 atom stereocenters. The van der Waals surface area contributed by atoms with Crippen LogP contribution in [0.2, 0.25) is 0 Å². The Kier molecular flexibility index (Phi) is 2.82. The number of anilines is 2. The summed E-state index contributed by atoms with van der Waals surface area (Å²) >= 11 is 4.03. The number of hydrogen-bond acceptors (Lipinski definition) is 5. The number of aromatic nitrogens is 3. The van der Waals surface area contributed by atoms with E-state index in [1.165, 1.54) is 11.9 Å². The fourth-order valence-electron chi connectivity index (χ4n) is 1.11. The molecule has 0 spiro atoms. The van der Waals surface area contributed by atoms with Crippen LogP contribution in [0.25, 0.3) is 0 Å². The van der Waals surface area contributed by atoms with E-state index in [1.54, 1.807) is 0 Å². The lowest BCUT2D eigenvalue weighted by atomic mass is 10.2. The van der Waals surface area contributed by atoms with Gasteiger partial charge in [0.15, 0.2) is 5.16 Å². The summed E-state index contributed by atoms with van der Waals surface area (Å²) in [7, 11) is 0. The maximum atomic E-state index is 4.03. The van der Waals surface area contributed by atoms with Gasteiger partial charge in [0.05, 0.1) is 0 Å². The minimum atomic E-state index is 0.402. The Labute approximate surface area is 93.2 Å². The summed E-state index contributed by atoms with van der Waals surface area (Å²) in [5.41, 5.74) is 2.16. The molecule has 0 aliphatic carbocycles. The van der Waals surface area contributed by atoms with Gasteiger partial charge in [-0.25, -0.2) is 9.97 Å². The van der Waals surface area contributed by atoms with Gasteiger partial charge in [-0.1, -0.05) is 17.7 Å². The smallest absolute Gasteiger partial charge is 0.231 e. The summed E-state index contributed by atoms with van der Waals surface area (Å²) in [5, 5.41) is 3.46. The summed E-state index contributed by atoms with van der Waals surface area (Å²) < 4.78 is 0. The first-order valence-electron chi connectivity index (χ1n) is 4.46. The third kappa shape index (κ3) is 2.66. The number of aryl methyl sites for hydroxylation is 1. The molecule has 1 aromatic heterocycles. The van der Waals surface area contributed by atoms with Crippen LogP contribution < -0.4 is 5.32 Å². The van der Waals surface area contributed by atoms with Crippen LogP contribution in [0.5, 0.6) is 0 Å². The molecule has 0 amide bonds. The van der Waals surface area contributed by atoms with E-state index >= 15 is 0 Å². The van der Waals surface area contributed by atoms with Crippen LogP contribution in [0.15, 0.2) is 35.7 Å². The van der Waals surface area contributed by atoms with E-state index < -0.39 is 0 Å². The Morgan fingerprint density at radius 2 is 1.87 bits per heavy atom. The van der Waals surface area contributed by atoms with Gasteiger partial charge in [-0.15, -0.1) is 12.6 Å². The Morgan fingerprint density at radius 3 is 2.53 bits per heavy atom. The van der Waals surface area contributed by atoms with Gasteiger partial charge >= 0.3 is 0 Å². The normalized spacial score (nSPS) is 10.0. The van der Waals surface area contributed by atoms with Gasteiger partial charge < -0.3 is 5.32 Å². The highest BCUT2D eigenvalue weighted by atomic mass is 32.1. The standard InChI is InChI=1S/C10H10N4S/c1-7-2-4-8(5-3-7)13-9-11-6-12-10(15)14-9/h2-6H,1H3,(H2,11,12,13,14,15). The van der Waals surface area contributed by atoms with Crippen molar-refractivity contribution < 1.29 is 0 Å². The van der Waals surface area contributed by atoms with Crippen LogP contribution in [-0.4, -0.2) is 15.0 Å². The lowest BCUT2D eigenvalue weighted by Crippen LogP contribution is -1.98. The quantitative estimate of drug-likeness (QED) is 0.759. The van der Waals surface area contributed by atoms with Crippen molar-refractivity contribution in [3.63, 3.8) is 0 Å². The first-order chi connectivity index (χ1) is 7.24. The molecule has 1 aromatic carbocycles. The number of nitrogens with one attached hydrogen (secondary N) is 1. The Balaban J connectivity index is 2.18. The molecule has 5 heteroatoms. The molecular formula is C10H10N4S. The lowest BCUT2D eigenvalue weighted by molar-refractivity contribution is 0.917. The second-order valence-corrected chi connectivity index (χ2v) is 3.50. The van der Waals surface area contributed by atoms with Crippen molar-refractivity contribution in [2.45, 2.75) is 12.1 Å². The molecule has 0 aliphatic heterocycles. The monoisotopic (exact) mass is 218 g/mol. The van der Waals surface area contributed by atoms with E-state index in [0.29, 0.717) is 11.1 Å². The predicted octanol–water partition coefficient (Wildman–Crippen LogP) is 2.21. The molecule has 4 nitrogen and oxygen atoms in total. The fourth-order valence-corrected chi connectivity index (χ4v) is 1.26. The fraction of sp³-hybridized carbons (Fsp3) is 0.100. The molecule has 0 saturated heterocycles. The van der Waals surface area contributed by atoms with Gasteiger partial charge in [-0.3, -0.25) is 0 Å². The first kappa shape index (κ1) is 9.92. The Hall–Kier alpha value is -1.62. The summed E-state index contributed by atoms with van der Waals surface area (Å²) in [5.74, 6) is 0.499. The second-order valence-electron chi connectivity index (χ2n) is 3.10. The SMILES string of the molecule is Cc1ccc(Nc2ncnc(S)n2)cc1. The summed E-state index contributed by atoms with van der Waals surface area (Å²) in [6.45, 7) is 2.04. The summed E-state index contributed by atoms with van der Waals surface area (Å²) in [4.78, 5) is 11.8. The van der Waals surface area contributed by atoms with Crippen LogP contribution >= 0.6 is 12.6 Å². The van der Waals surface area contributed by atoms with Gasteiger partial charge in [-0.2, -0.15) is 4.98 Å². The Bertz CT molecular complexity index is 455. The second kappa shape index (κ2) is 4.27. The number of hydrogen-bond donors (Lipinski definition) is 2. The minimum absolute atomic E-state index is 0.402. The minimum Gasteiger partial charge on any atom is -0.324 e. The third-order valence-corrected chi connectivity index (χ3v) is 2.08. The molecule has 0 aliphatic rings. The number of rotatable bonds is 2. The van der Waals surface area contributed by atoms with Crippen LogP contribution in [0.3, 0.4) is 0 Å². The molecule has 0 unspecified atom stereocenters. The maximum absolute atomic E-state index is 4.03. The molecule has 0 bridgehead atoms. The number of benzene rings is 1. The van der Waals surface area contributed by atoms with Crippen LogP contribution in [0.4, 0.5) is 11.6 Å². The first-order valence-corrected chi connectivity index (χ1v) is 4.90. The summed E-state index contributed by atoms with van der Waals surface area (Å²) in [6, 6.07) is 7.98. The Morgan fingerprint density at radius 1 is 1.13 bits per heavy atom. The average Bonchev–Trinajstić information content (AvgIpc) is 2.22. The topological polar surface area (TPSA) is 50.7 Å². The highest BCUT2D eigenvalue weighted by molar-refractivity contribution is 7.80. The predicted molar refractivity (Wildman–Crippen MR) is 61.5 cm³/mol. The summed E-state index contributed by atoms with van der Waals surface area (Å²) in [6.07, 6.45) is 1.42. The molecule has 0 fully saturated rings. The van der Waals surface area contributed by atoms with Gasteiger partial charge in [0.1, 0.15) is 6.33 Å². The molecule has 2 aromatic rings. The van der Waals surface area contributed by atoms with Crippen LogP contribution in [0, 0.1) is 6.92 Å². The van der Waals surface area contributed by atoms with Crippen molar-refractivity contribution in [2.24, 2.45) is 0 Å². The van der Waals surface area contributed by atoms with Gasteiger partial charge in [0.25, 0.3) is 0 Å². The van der Waals surface area contributed by atoms with Crippen molar-refractivity contribution >= 4 is 24.3 Å². The van der Waals surface area contributed by atoms with Crippen LogP contribution in [0.1, 0.15) is 5.56 Å². The highest BCUT2D eigenvalue weighted by Gasteiger charge is 1.97.